The van der Waals surface area contributed by atoms with Crippen LogP contribution in [-0.4, -0.2) is 32.4 Å². The third-order valence-electron chi connectivity index (χ3n) is 3.32. The SMILES string of the molecule is CC(C)C(=O)Oc1cccc(O)c1O.CC(C)C(=O)Oc1cccc(O)c1O.[Ti]. The quantitative estimate of drug-likeness (QED) is 0.246. The Morgan fingerprint density at radius 1 is 0.690 bits per heavy atom. The van der Waals surface area contributed by atoms with E-state index in [4.69, 9.17) is 19.7 Å². The van der Waals surface area contributed by atoms with E-state index in [9.17, 15) is 19.8 Å². The Bertz CT molecular complexity index is 764. The Balaban J connectivity index is 0.000000523. The summed E-state index contributed by atoms with van der Waals surface area (Å²) >= 11 is 0. The van der Waals surface area contributed by atoms with E-state index in [1.807, 2.05) is 0 Å². The zero-order valence-corrected chi connectivity index (χ0v) is 18.1. The van der Waals surface area contributed by atoms with Gasteiger partial charge in [0.25, 0.3) is 0 Å². The first-order valence-corrected chi connectivity index (χ1v) is 8.49. The van der Waals surface area contributed by atoms with Gasteiger partial charge in [-0.05, 0) is 24.3 Å². The van der Waals surface area contributed by atoms with E-state index in [2.05, 4.69) is 0 Å². The van der Waals surface area contributed by atoms with Crippen LogP contribution in [0.2, 0.25) is 0 Å². The Hall–Kier alpha value is -2.71. The molecule has 0 aromatic heterocycles. The maximum atomic E-state index is 11.2. The van der Waals surface area contributed by atoms with Crippen LogP contribution in [0.5, 0.6) is 34.5 Å². The number of para-hydroxylation sites is 2. The second kappa shape index (κ2) is 12.0. The van der Waals surface area contributed by atoms with Gasteiger partial charge in [0.05, 0.1) is 11.8 Å². The molecule has 4 N–H and O–H groups in total. The maximum Gasteiger partial charge on any atom is 0.313 e. The Labute approximate surface area is 183 Å². The molecule has 0 bridgehead atoms. The molecular formula is C20H24O8Ti. The van der Waals surface area contributed by atoms with Gasteiger partial charge in [0, 0.05) is 21.7 Å². The molecule has 29 heavy (non-hydrogen) atoms. The predicted molar refractivity (Wildman–Crippen MR) is 100 cm³/mol. The molecule has 0 fully saturated rings. The third-order valence-corrected chi connectivity index (χ3v) is 3.32. The summed E-state index contributed by atoms with van der Waals surface area (Å²) in [5.74, 6) is -2.96. The number of carbonyl (C=O) groups is 2. The van der Waals surface area contributed by atoms with Gasteiger partial charge in [0.1, 0.15) is 0 Å². The number of carbonyl (C=O) groups excluding carboxylic acids is 2. The van der Waals surface area contributed by atoms with Gasteiger partial charge >= 0.3 is 11.9 Å². The molecule has 0 amide bonds. The van der Waals surface area contributed by atoms with E-state index in [0.717, 1.165) is 0 Å². The monoisotopic (exact) mass is 440 g/mol. The van der Waals surface area contributed by atoms with Crippen molar-refractivity contribution in [1.82, 2.24) is 0 Å². The van der Waals surface area contributed by atoms with Crippen LogP contribution in [-0.2, 0) is 31.3 Å². The van der Waals surface area contributed by atoms with Gasteiger partial charge < -0.3 is 29.9 Å². The molecule has 0 aliphatic rings. The summed E-state index contributed by atoms with van der Waals surface area (Å²) < 4.78 is 9.68. The summed E-state index contributed by atoms with van der Waals surface area (Å²) in [6.07, 6.45) is 0. The minimum Gasteiger partial charge on any atom is -0.504 e. The smallest absolute Gasteiger partial charge is 0.313 e. The van der Waals surface area contributed by atoms with Crippen molar-refractivity contribution in [3.63, 3.8) is 0 Å². The van der Waals surface area contributed by atoms with Gasteiger partial charge in [0.2, 0.25) is 11.5 Å². The van der Waals surface area contributed by atoms with E-state index >= 15 is 0 Å². The number of benzene rings is 2. The summed E-state index contributed by atoms with van der Waals surface area (Å²) in [4.78, 5) is 22.3. The van der Waals surface area contributed by atoms with Crippen LogP contribution in [0.15, 0.2) is 36.4 Å². The Kier molecular flexibility index (Phi) is 10.9. The number of aromatic hydroxyl groups is 4. The van der Waals surface area contributed by atoms with Gasteiger partial charge in [-0.2, -0.15) is 0 Å². The van der Waals surface area contributed by atoms with Crippen LogP contribution in [0, 0.1) is 11.8 Å². The van der Waals surface area contributed by atoms with E-state index < -0.39 is 23.4 Å². The van der Waals surface area contributed by atoms with Crippen molar-refractivity contribution in [2.75, 3.05) is 0 Å². The van der Waals surface area contributed by atoms with Crippen LogP contribution in [0.4, 0.5) is 0 Å². The van der Waals surface area contributed by atoms with Crippen molar-refractivity contribution in [2.45, 2.75) is 27.7 Å². The molecule has 0 radical (unpaired) electrons. The first-order valence-electron chi connectivity index (χ1n) is 8.49. The topological polar surface area (TPSA) is 134 Å². The molecule has 0 heterocycles. The number of rotatable bonds is 4. The number of ether oxygens (including phenoxy) is 2. The largest absolute Gasteiger partial charge is 0.504 e. The molecule has 156 valence electrons. The van der Waals surface area contributed by atoms with Crippen molar-refractivity contribution in [3.05, 3.63) is 36.4 Å². The van der Waals surface area contributed by atoms with Gasteiger partial charge in [-0.1, -0.05) is 39.8 Å². The number of esters is 2. The molecule has 0 saturated carbocycles. The summed E-state index contributed by atoms with van der Waals surface area (Å²) in [5, 5.41) is 36.8. The molecule has 0 spiro atoms. The molecule has 2 aromatic rings. The molecule has 0 aliphatic carbocycles. The fourth-order valence-corrected chi connectivity index (χ4v) is 1.64. The number of hydrogen-bond donors (Lipinski definition) is 4. The van der Waals surface area contributed by atoms with Gasteiger partial charge in [0.15, 0.2) is 23.0 Å². The van der Waals surface area contributed by atoms with Crippen LogP contribution in [0.1, 0.15) is 27.7 Å². The molecule has 2 aromatic carbocycles. The van der Waals surface area contributed by atoms with E-state index in [1.165, 1.54) is 36.4 Å². The molecule has 0 atom stereocenters. The van der Waals surface area contributed by atoms with Crippen molar-refractivity contribution in [1.29, 1.82) is 0 Å². The zero-order valence-electron chi connectivity index (χ0n) is 16.5. The van der Waals surface area contributed by atoms with Gasteiger partial charge in [-0.3, -0.25) is 9.59 Å². The molecule has 8 nitrogen and oxygen atoms in total. The molecular weight excluding hydrogens is 416 g/mol. The molecule has 2 rings (SSSR count). The number of phenols is 4. The van der Waals surface area contributed by atoms with Crippen LogP contribution in [0.3, 0.4) is 0 Å². The minimum absolute atomic E-state index is 0. The first-order chi connectivity index (χ1) is 13.0. The van der Waals surface area contributed by atoms with Crippen LogP contribution >= 0.6 is 0 Å². The summed E-state index contributed by atoms with van der Waals surface area (Å²) in [6, 6.07) is 8.41. The molecule has 0 aliphatic heterocycles. The predicted octanol–water partition coefficient (Wildman–Crippen LogP) is 3.32. The van der Waals surface area contributed by atoms with Crippen molar-refractivity contribution >= 4 is 11.9 Å². The summed E-state index contributed by atoms with van der Waals surface area (Å²) in [6.45, 7) is 6.73. The van der Waals surface area contributed by atoms with Crippen molar-refractivity contribution in [2.24, 2.45) is 11.8 Å². The average Bonchev–Trinajstić information content (AvgIpc) is 2.63. The fourth-order valence-electron chi connectivity index (χ4n) is 1.64. The van der Waals surface area contributed by atoms with Crippen molar-refractivity contribution in [3.8, 4) is 34.5 Å². The molecule has 0 unspecified atom stereocenters. The van der Waals surface area contributed by atoms with Crippen LogP contribution in [0.25, 0.3) is 0 Å². The van der Waals surface area contributed by atoms with E-state index in [-0.39, 0.29) is 56.6 Å². The summed E-state index contributed by atoms with van der Waals surface area (Å²) in [7, 11) is 0. The number of hydrogen-bond acceptors (Lipinski definition) is 8. The van der Waals surface area contributed by atoms with Gasteiger partial charge in [-0.15, -0.1) is 0 Å². The van der Waals surface area contributed by atoms with E-state index in [0.29, 0.717) is 0 Å². The van der Waals surface area contributed by atoms with Crippen molar-refractivity contribution < 1.29 is 61.2 Å². The maximum absolute atomic E-state index is 11.2. The van der Waals surface area contributed by atoms with E-state index in [1.54, 1.807) is 27.7 Å². The first kappa shape index (κ1) is 26.3. The second-order valence-electron chi connectivity index (χ2n) is 6.40. The van der Waals surface area contributed by atoms with Crippen LogP contribution < -0.4 is 9.47 Å². The Morgan fingerprint density at radius 2 is 1.00 bits per heavy atom. The fraction of sp³-hybridized carbons (Fsp3) is 0.300. The minimum atomic E-state index is -0.453. The Morgan fingerprint density at radius 3 is 1.28 bits per heavy atom. The number of phenolic OH excluding ortho intramolecular Hbond substituents is 4. The second-order valence-corrected chi connectivity index (χ2v) is 6.40. The zero-order chi connectivity index (χ0) is 21.4. The average molecular weight is 440 g/mol. The third kappa shape index (κ3) is 8.05. The molecule has 0 saturated heterocycles. The standard InChI is InChI=1S/2C10H12O4.Ti/c2*1-6(2)10(13)14-8-5-3-4-7(11)9(8)12;/h2*3-6,11-12H,1-2H3;. The van der Waals surface area contributed by atoms with Gasteiger partial charge in [-0.25, -0.2) is 0 Å². The molecule has 9 heteroatoms. The summed E-state index contributed by atoms with van der Waals surface area (Å²) in [5.41, 5.74) is 0. The normalized spacial score (nSPS) is 9.86.